The van der Waals surface area contributed by atoms with E-state index in [1.807, 2.05) is 0 Å². The van der Waals surface area contributed by atoms with Gasteiger partial charge in [0.1, 0.15) is 0 Å². The molecule has 0 N–H and O–H groups in total. The van der Waals surface area contributed by atoms with E-state index in [1.54, 1.807) is 6.08 Å². The van der Waals surface area contributed by atoms with E-state index in [0.29, 0.717) is 12.0 Å². The van der Waals surface area contributed by atoms with E-state index in [4.69, 9.17) is 0 Å². The third-order valence-electron chi connectivity index (χ3n) is 1.57. The zero-order valence-electron chi connectivity index (χ0n) is 6.86. The lowest BCUT2D eigenvalue weighted by Crippen LogP contribution is -2.04. The summed E-state index contributed by atoms with van der Waals surface area (Å²) in [4.78, 5) is 0. The number of rotatable bonds is 2. The zero-order valence-corrected chi connectivity index (χ0v) is 6.86. The van der Waals surface area contributed by atoms with Crippen LogP contribution in [0.5, 0.6) is 0 Å². The van der Waals surface area contributed by atoms with Crippen LogP contribution in [0.1, 0.15) is 11.1 Å². The Labute approximate surface area is 74.7 Å². The van der Waals surface area contributed by atoms with Crippen LogP contribution < -0.4 is 0 Å². The maximum Gasteiger partial charge on any atom is 0.416 e. The van der Waals surface area contributed by atoms with E-state index < -0.39 is 11.7 Å². The molecule has 0 spiro atoms. The number of benzene rings is 1. The van der Waals surface area contributed by atoms with E-state index >= 15 is 0 Å². The van der Waals surface area contributed by atoms with Crippen LogP contribution in [0.4, 0.5) is 13.2 Å². The molecule has 69 valence electrons. The topological polar surface area (TPSA) is 0 Å². The molecule has 0 bridgehead atoms. The van der Waals surface area contributed by atoms with E-state index in [1.165, 1.54) is 6.07 Å². The first-order chi connectivity index (χ1) is 6.04. The first-order valence-electron chi connectivity index (χ1n) is 3.73. The SMILES string of the molecule is C=CCc1[c]cc(C(F)(F)F)cc1. The van der Waals surface area contributed by atoms with Crippen LogP contribution in [0.15, 0.2) is 30.9 Å². The molecule has 0 aromatic heterocycles. The number of halogens is 3. The number of alkyl halides is 3. The van der Waals surface area contributed by atoms with Gasteiger partial charge in [-0.25, -0.2) is 0 Å². The van der Waals surface area contributed by atoms with Crippen molar-refractivity contribution >= 4 is 0 Å². The second kappa shape index (κ2) is 3.64. The Morgan fingerprint density at radius 1 is 1.38 bits per heavy atom. The summed E-state index contributed by atoms with van der Waals surface area (Å²) in [6.45, 7) is 3.48. The molecule has 0 atom stereocenters. The fourth-order valence-electron chi connectivity index (χ4n) is 0.916. The zero-order chi connectivity index (χ0) is 9.90. The number of hydrogen-bond acceptors (Lipinski definition) is 0. The maximum atomic E-state index is 12.1. The van der Waals surface area contributed by atoms with Crippen molar-refractivity contribution in [3.05, 3.63) is 48.0 Å². The van der Waals surface area contributed by atoms with Crippen LogP contribution in [-0.4, -0.2) is 0 Å². The minimum atomic E-state index is -4.27. The van der Waals surface area contributed by atoms with Gasteiger partial charge in [0.25, 0.3) is 0 Å². The lowest BCUT2D eigenvalue weighted by atomic mass is 10.1. The van der Waals surface area contributed by atoms with Crippen molar-refractivity contribution in [1.82, 2.24) is 0 Å². The van der Waals surface area contributed by atoms with Gasteiger partial charge in [-0.2, -0.15) is 13.2 Å². The smallest absolute Gasteiger partial charge is 0.166 e. The molecule has 0 aliphatic heterocycles. The lowest BCUT2D eigenvalue weighted by Gasteiger charge is -2.05. The number of allylic oxidation sites excluding steroid dienone is 1. The molecule has 0 amide bonds. The van der Waals surface area contributed by atoms with Crippen LogP contribution in [0, 0.1) is 6.07 Å². The quantitative estimate of drug-likeness (QED) is 0.620. The minimum Gasteiger partial charge on any atom is -0.166 e. The average Bonchev–Trinajstić information content (AvgIpc) is 2.04. The molecule has 13 heavy (non-hydrogen) atoms. The largest absolute Gasteiger partial charge is 0.416 e. The number of hydrogen-bond donors (Lipinski definition) is 0. The van der Waals surface area contributed by atoms with Crippen LogP contribution in [0.2, 0.25) is 0 Å². The van der Waals surface area contributed by atoms with Gasteiger partial charge in [-0.1, -0.05) is 12.1 Å². The molecular formula is C10H8F3. The van der Waals surface area contributed by atoms with Gasteiger partial charge < -0.3 is 0 Å². The summed E-state index contributed by atoms with van der Waals surface area (Å²) < 4.78 is 36.2. The highest BCUT2D eigenvalue weighted by atomic mass is 19.4. The summed E-state index contributed by atoms with van der Waals surface area (Å²) in [5.41, 5.74) is 0.0447. The van der Waals surface area contributed by atoms with Crippen LogP contribution in [0.3, 0.4) is 0 Å². The molecule has 0 fully saturated rings. The van der Waals surface area contributed by atoms with Crippen molar-refractivity contribution in [2.75, 3.05) is 0 Å². The second-order valence-corrected chi connectivity index (χ2v) is 2.59. The van der Waals surface area contributed by atoms with Gasteiger partial charge >= 0.3 is 6.18 Å². The molecule has 0 aliphatic carbocycles. The van der Waals surface area contributed by atoms with Crippen LogP contribution >= 0.6 is 0 Å². The molecule has 0 unspecified atom stereocenters. The van der Waals surface area contributed by atoms with E-state index in [-0.39, 0.29) is 0 Å². The molecule has 0 nitrogen and oxygen atoms in total. The molecule has 0 heterocycles. The van der Waals surface area contributed by atoms with Gasteiger partial charge in [0.2, 0.25) is 0 Å². The molecule has 1 radical (unpaired) electrons. The van der Waals surface area contributed by atoms with E-state index in [2.05, 4.69) is 12.6 Å². The fraction of sp³-hybridized carbons (Fsp3) is 0.200. The third kappa shape index (κ3) is 2.61. The molecule has 0 saturated carbocycles. The Kier molecular flexibility index (Phi) is 2.76. The van der Waals surface area contributed by atoms with Crippen molar-refractivity contribution in [1.29, 1.82) is 0 Å². The molecular weight excluding hydrogens is 177 g/mol. The third-order valence-corrected chi connectivity index (χ3v) is 1.57. The highest BCUT2D eigenvalue weighted by Gasteiger charge is 2.29. The molecule has 0 saturated heterocycles. The van der Waals surface area contributed by atoms with Gasteiger partial charge in [-0.05, 0) is 30.2 Å². The van der Waals surface area contributed by atoms with Gasteiger partial charge in [0.15, 0.2) is 0 Å². The predicted octanol–water partition coefficient (Wildman–Crippen LogP) is 3.23. The summed E-state index contributed by atoms with van der Waals surface area (Å²) in [5.74, 6) is 0. The molecule has 1 aromatic rings. The highest BCUT2D eigenvalue weighted by molar-refractivity contribution is 5.24. The Morgan fingerprint density at radius 3 is 2.46 bits per heavy atom. The van der Waals surface area contributed by atoms with Crippen LogP contribution in [-0.2, 0) is 12.6 Å². The van der Waals surface area contributed by atoms with Gasteiger partial charge in [-0.15, -0.1) is 6.58 Å². The summed E-state index contributed by atoms with van der Waals surface area (Å²) in [5, 5.41) is 0. The molecule has 1 aromatic carbocycles. The standard InChI is InChI=1S/C10H8F3/c1-2-3-8-4-6-9(7-5-8)10(11,12)13/h2,4,6-7H,1,3H2. The van der Waals surface area contributed by atoms with E-state index in [9.17, 15) is 13.2 Å². The van der Waals surface area contributed by atoms with Crippen molar-refractivity contribution in [3.63, 3.8) is 0 Å². The normalized spacial score (nSPS) is 11.3. The first kappa shape index (κ1) is 9.84. The van der Waals surface area contributed by atoms with Crippen LogP contribution in [0.25, 0.3) is 0 Å². The summed E-state index contributed by atoms with van der Waals surface area (Å²) >= 11 is 0. The molecule has 1 rings (SSSR count). The average molecular weight is 185 g/mol. The minimum absolute atomic E-state index is 0.540. The Hall–Kier alpha value is -1.25. The first-order valence-corrected chi connectivity index (χ1v) is 3.73. The van der Waals surface area contributed by atoms with Crippen molar-refractivity contribution in [3.8, 4) is 0 Å². The fourth-order valence-corrected chi connectivity index (χ4v) is 0.916. The van der Waals surface area contributed by atoms with Gasteiger partial charge in [0.05, 0.1) is 5.56 Å². The van der Waals surface area contributed by atoms with Gasteiger partial charge in [-0.3, -0.25) is 0 Å². The Morgan fingerprint density at radius 2 is 2.08 bits per heavy atom. The monoisotopic (exact) mass is 185 g/mol. The lowest BCUT2D eigenvalue weighted by molar-refractivity contribution is -0.137. The van der Waals surface area contributed by atoms with Gasteiger partial charge in [0, 0.05) is 0 Å². The maximum absolute atomic E-state index is 12.1. The van der Waals surface area contributed by atoms with E-state index in [0.717, 1.165) is 12.1 Å². The summed E-state index contributed by atoms with van der Waals surface area (Å²) in [6.07, 6.45) is -2.11. The Bertz CT molecular complexity index is 282. The summed E-state index contributed by atoms with van der Waals surface area (Å²) in [6, 6.07) is 5.97. The second-order valence-electron chi connectivity index (χ2n) is 2.59. The highest BCUT2D eigenvalue weighted by Crippen LogP contribution is 2.28. The molecule has 0 aliphatic rings. The summed E-state index contributed by atoms with van der Waals surface area (Å²) in [7, 11) is 0. The van der Waals surface area contributed by atoms with Crippen molar-refractivity contribution in [2.45, 2.75) is 12.6 Å². The Balaban J connectivity index is 2.87. The van der Waals surface area contributed by atoms with Crippen molar-refractivity contribution < 1.29 is 13.2 Å². The van der Waals surface area contributed by atoms with Crippen molar-refractivity contribution in [2.24, 2.45) is 0 Å². The predicted molar refractivity (Wildman–Crippen MR) is 44.2 cm³/mol. The molecule has 3 heteroatoms.